The van der Waals surface area contributed by atoms with E-state index in [2.05, 4.69) is 39.0 Å². The van der Waals surface area contributed by atoms with E-state index in [1.54, 1.807) is 11.8 Å². The molecule has 0 saturated heterocycles. The van der Waals surface area contributed by atoms with Gasteiger partial charge >= 0.3 is 0 Å². The molecule has 0 aromatic heterocycles. The highest BCUT2D eigenvalue weighted by Crippen LogP contribution is 2.22. The normalized spacial score (nSPS) is 10.8. The van der Waals surface area contributed by atoms with Gasteiger partial charge in [-0.2, -0.15) is 11.8 Å². The van der Waals surface area contributed by atoms with E-state index < -0.39 is 0 Å². The molecule has 0 radical (unpaired) electrons. The van der Waals surface area contributed by atoms with Crippen LogP contribution in [-0.4, -0.2) is 16.8 Å². The fourth-order valence-electron chi connectivity index (χ4n) is 2.27. The molecule has 3 heteroatoms. The smallest absolute Gasteiger partial charge is 0.172 e. The predicted molar refractivity (Wildman–Crippen MR) is 98.6 cm³/mol. The number of carbonyl (C=O) groups is 1. The molecule has 0 unspecified atom stereocenters. The van der Waals surface area contributed by atoms with Gasteiger partial charge in [-0.3, -0.25) is 4.79 Å². The summed E-state index contributed by atoms with van der Waals surface area (Å²) in [6, 6.07) is 14.0. The first-order valence-electron chi connectivity index (χ1n) is 7.89. The maximum absolute atomic E-state index is 12.2. The molecule has 2 aromatic carbocycles. The van der Waals surface area contributed by atoms with Crippen molar-refractivity contribution in [2.24, 2.45) is 0 Å². The van der Waals surface area contributed by atoms with Crippen LogP contribution in [0.1, 0.15) is 40.9 Å². The van der Waals surface area contributed by atoms with Gasteiger partial charge in [0.2, 0.25) is 0 Å². The summed E-state index contributed by atoms with van der Waals surface area (Å²) >= 11 is 1.67. The van der Waals surface area contributed by atoms with Gasteiger partial charge in [0.1, 0.15) is 12.4 Å². The Bertz CT molecular complexity index is 677. The van der Waals surface area contributed by atoms with Crippen molar-refractivity contribution in [3.8, 4) is 5.75 Å². The summed E-state index contributed by atoms with van der Waals surface area (Å²) in [5.41, 5.74) is 4.14. The van der Waals surface area contributed by atoms with E-state index in [4.69, 9.17) is 4.74 Å². The van der Waals surface area contributed by atoms with E-state index in [0.717, 1.165) is 22.4 Å². The number of benzene rings is 2. The molecule has 0 aliphatic heterocycles. The van der Waals surface area contributed by atoms with Crippen LogP contribution in [0.5, 0.6) is 5.75 Å². The standard InChI is InChI=1S/C20H24O2S/c1-14(2)23-13-19(21)18-8-9-20(16(4)11-18)22-12-17-7-5-6-15(3)10-17/h5-11,14H,12-13H2,1-4H3. The molecule has 0 N–H and O–H groups in total. The first-order chi connectivity index (χ1) is 11.0. The molecule has 0 saturated carbocycles. The first kappa shape index (κ1) is 17.6. The number of hydrogen-bond donors (Lipinski definition) is 0. The van der Waals surface area contributed by atoms with Crippen molar-refractivity contribution in [2.75, 3.05) is 5.75 Å². The molecule has 0 aliphatic rings. The summed E-state index contributed by atoms with van der Waals surface area (Å²) < 4.78 is 5.89. The molecular formula is C20H24O2S. The van der Waals surface area contributed by atoms with Gasteiger partial charge in [0.15, 0.2) is 5.78 Å². The summed E-state index contributed by atoms with van der Waals surface area (Å²) in [6.07, 6.45) is 0. The highest BCUT2D eigenvalue weighted by molar-refractivity contribution is 8.00. The fourth-order valence-corrected chi connectivity index (χ4v) is 2.92. The Morgan fingerprint density at radius 3 is 2.57 bits per heavy atom. The van der Waals surface area contributed by atoms with Crippen LogP contribution in [0.25, 0.3) is 0 Å². The van der Waals surface area contributed by atoms with Crippen LogP contribution in [0.3, 0.4) is 0 Å². The van der Waals surface area contributed by atoms with Crippen molar-refractivity contribution < 1.29 is 9.53 Å². The van der Waals surface area contributed by atoms with E-state index in [9.17, 15) is 4.79 Å². The molecule has 2 nitrogen and oxygen atoms in total. The van der Waals surface area contributed by atoms with Crippen molar-refractivity contribution in [3.63, 3.8) is 0 Å². The summed E-state index contributed by atoms with van der Waals surface area (Å²) in [5, 5.41) is 0.469. The number of Topliss-reactive ketones (excluding diaryl/α,β-unsaturated/α-hetero) is 1. The lowest BCUT2D eigenvalue weighted by atomic mass is 10.1. The number of rotatable bonds is 7. The van der Waals surface area contributed by atoms with Crippen molar-refractivity contribution in [2.45, 2.75) is 39.6 Å². The van der Waals surface area contributed by atoms with Crippen molar-refractivity contribution >= 4 is 17.5 Å². The Kier molecular flexibility index (Phi) is 6.28. The largest absolute Gasteiger partial charge is 0.489 e. The van der Waals surface area contributed by atoms with Crippen LogP contribution in [0, 0.1) is 13.8 Å². The highest BCUT2D eigenvalue weighted by atomic mass is 32.2. The monoisotopic (exact) mass is 328 g/mol. The van der Waals surface area contributed by atoms with Crippen LogP contribution in [0.2, 0.25) is 0 Å². The average Bonchev–Trinajstić information content (AvgIpc) is 2.51. The van der Waals surface area contributed by atoms with E-state index in [1.807, 2.05) is 31.2 Å². The van der Waals surface area contributed by atoms with Gasteiger partial charge in [0, 0.05) is 5.56 Å². The van der Waals surface area contributed by atoms with Crippen molar-refractivity contribution in [1.29, 1.82) is 0 Å². The van der Waals surface area contributed by atoms with Gasteiger partial charge < -0.3 is 4.74 Å². The Morgan fingerprint density at radius 1 is 1.13 bits per heavy atom. The third-order valence-corrected chi connectivity index (χ3v) is 4.62. The molecule has 0 spiro atoms. The van der Waals surface area contributed by atoms with E-state index >= 15 is 0 Å². The summed E-state index contributed by atoms with van der Waals surface area (Å²) in [6.45, 7) is 8.80. The molecule has 0 bridgehead atoms. The second-order valence-electron chi connectivity index (χ2n) is 6.04. The molecule has 0 aliphatic carbocycles. The second-order valence-corrected chi connectivity index (χ2v) is 7.61. The van der Waals surface area contributed by atoms with Gasteiger partial charge in [-0.1, -0.05) is 43.7 Å². The lowest BCUT2D eigenvalue weighted by Gasteiger charge is -2.11. The van der Waals surface area contributed by atoms with E-state index in [-0.39, 0.29) is 5.78 Å². The Morgan fingerprint density at radius 2 is 1.91 bits per heavy atom. The lowest BCUT2D eigenvalue weighted by molar-refractivity contribution is 0.102. The van der Waals surface area contributed by atoms with Crippen LogP contribution in [-0.2, 0) is 6.61 Å². The third-order valence-electron chi connectivity index (χ3n) is 3.52. The molecule has 2 aromatic rings. The van der Waals surface area contributed by atoms with Crippen LogP contribution >= 0.6 is 11.8 Å². The highest BCUT2D eigenvalue weighted by Gasteiger charge is 2.10. The molecule has 0 amide bonds. The number of aryl methyl sites for hydroxylation is 2. The van der Waals surface area contributed by atoms with E-state index in [0.29, 0.717) is 17.6 Å². The summed E-state index contributed by atoms with van der Waals surface area (Å²) in [7, 11) is 0. The van der Waals surface area contributed by atoms with Gasteiger partial charge in [0.05, 0.1) is 5.75 Å². The minimum absolute atomic E-state index is 0.178. The zero-order valence-electron chi connectivity index (χ0n) is 14.3. The van der Waals surface area contributed by atoms with Gasteiger partial charge in [-0.15, -0.1) is 0 Å². The zero-order valence-corrected chi connectivity index (χ0v) is 15.1. The maximum Gasteiger partial charge on any atom is 0.172 e. The number of ether oxygens (including phenoxy) is 1. The molecule has 23 heavy (non-hydrogen) atoms. The van der Waals surface area contributed by atoms with Crippen LogP contribution < -0.4 is 4.74 Å². The Hall–Kier alpha value is -1.74. The summed E-state index contributed by atoms with van der Waals surface area (Å²) in [4.78, 5) is 12.2. The first-order valence-corrected chi connectivity index (χ1v) is 8.94. The predicted octanol–water partition coefficient (Wildman–Crippen LogP) is 5.21. The number of carbonyl (C=O) groups excluding carboxylic acids is 1. The lowest BCUT2D eigenvalue weighted by Crippen LogP contribution is -2.06. The minimum atomic E-state index is 0.178. The molecule has 122 valence electrons. The van der Waals surface area contributed by atoms with Crippen molar-refractivity contribution in [3.05, 3.63) is 64.7 Å². The zero-order chi connectivity index (χ0) is 16.8. The topological polar surface area (TPSA) is 26.3 Å². The van der Waals surface area contributed by atoms with Gasteiger partial charge in [-0.05, 0) is 48.4 Å². The molecule has 0 heterocycles. The maximum atomic E-state index is 12.2. The Labute approximate surface area is 143 Å². The van der Waals surface area contributed by atoms with Gasteiger partial charge in [-0.25, -0.2) is 0 Å². The third kappa shape index (κ3) is 5.43. The fraction of sp³-hybridized carbons (Fsp3) is 0.350. The number of hydrogen-bond acceptors (Lipinski definition) is 3. The Balaban J connectivity index is 2.00. The number of ketones is 1. The molecule has 0 atom stereocenters. The molecule has 2 rings (SSSR count). The minimum Gasteiger partial charge on any atom is -0.489 e. The average molecular weight is 328 g/mol. The van der Waals surface area contributed by atoms with Gasteiger partial charge in [0.25, 0.3) is 0 Å². The van der Waals surface area contributed by atoms with Crippen LogP contribution in [0.4, 0.5) is 0 Å². The van der Waals surface area contributed by atoms with Crippen molar-refractivity contribution in [1.82, 2.24) is 0 Å². The SMILES string of the molecule is Cc1cccc(COc2ccc(C(=O)CSC(C)C)cc2C)c1. The summed E-state index contributed by atoms with van der Waals surface area (Å²) in [5.74, 6) is 1.54. The van der Waals surface area contributed by atoms with E-state index in [1.165, 1.54) is 5.56 Å². The second kappa shape index (κ2) is 8.21. The molecule has 0 fully saturated rings. The number of thioether (sulfide) groups is 1. The molecular weight excluding hydrogens is 304 g/mol. The quantitative estimate of drug-likeness (QED) is 0.653. The van der Waals surface area contributed by atoms with Crippen LogP contribution in [0.15, 0.2) is 42.5 Å².